The van der Waals surface area contributed by atoms with Gasteiger partial charge in [-0.2, -0.15) is 0 Å². The molecule has 3 nitrogen and oxygen atoms in total. The number of nitrogens with zero attached hydrogens (tertiary/aromatic N) is 1. The number of carbonyl (C=O) groups is 1. The van der Waals surface area contributed by atoms with E-state index in [0.29, 0.717) is 17.7 Å². The molecule has 2 aliphatic rings. The summed E-state index contributed by atoms with van der Waals surface area (Å²) >= 11 is 0. The van der Waals surface area contributed by atoms with Gasteiger partial charge in [-0.15, -0.1) is 0 Å². The lowest BCUT2D eigenvalue weighted by Crippen LogP contribution is -2.48. The SMILES string of the molecule is CC1CN(C(=O)CC2CCCCCC2)CCC1N. The fourth-order valence-electron chi connectivity index (χ4n) is 3.33. The Balaban J connectivity index is 1.80. The first-order chi connectivity index (χ1) is 8.66. The summed E-state index contributed by atoms with van der Waals surface area (Å²) in [6.45, 7) is 3.90. The average molecular weight is 252 g/mol. The largest absolute Gasteiger partial charge is 0.342 e. The zero-order chi connectivity index (χ0) is 13.0. The van der Waals surface area contributed by atoms with Gasteiger partial charge >= 0.3 is 0 Å². The van der Waals surface area contributed by atoms with E-state index in [-0.39, 0.29) is 6.04 Å². The smallest absolute Gasteiger partial charge is 0.222 e. The highest BCUT2D eigenvalue weighted by molar-refractivity contribution is 5.76. The molecule has 104 valence electrons. The van der Waals surface area contributed by atoms with Gasteiger partial charge in [0, 0.05) is 25.6 Å². The number of carbonyl (C=O) groups excluding carboxylic acids is 1. The van der Waals surface area contributed by atoms with E-state index in [9.17, 15) is 4.79 Å². The average Bonchev–Trinajstić information content (AvgIpc) is 2.61. The highest BCUT2D eigenvalue weighted by Crippen LogP contribution is 2.26. The molecular weight excluding hydrogens is 224 g/mol. The summed E-state index contributed by atoms with van der Waals surface area (Å²) in [5.74, 6) is 1.48. The molecule has 2 rings (SSSR count). The first-order valence-corrected chi connectivity index (χ1v) is 7.70. The molecule has 18 heavy (non-hydrogen) atoms. The monoisotopic (exact) mass is 252 g/mol. The molecule has 1 amide bonds. The van der Waals surface area contributed by atoms with Gasteiger partial charge in [-0.25, -0.2) is 0 Å². The van der Waals surface area contributed by atoms with Crippen LogP contribution in [-0.2, 0) is 4.79 Å². The number of amides is 1. The van der Waals surface area contributed by atoms with Crippen molar-refractivity contribution < 1.29 is 4.79 Å². The van der Waals surface area contributed by atoms with Crippen LogP contribution < -0.4 is 5.73 Å². The van der Waals surface area contributed by atoms with Gasteiger partial charge in [0.05, 0.1) is 0 Å². The van der Waals surface area contributed by atoms with Crippen LogP contribution in [0, 0.1) is 11.8 Å². The second-order valence-electron chi connectivity index (χ2n) is 6.33. The van der Waals surface area contributed by atoms with Crippen molar-refractivity contribution in [2.75, 3.05) is 13.1 Å². The quantitative estimate of drug-likeness (QED) is 0.768. The van der Waals surface area contributed by atoms with Crippen molar-refractivity contribution >= 4 is 5.91 Å². The number of rotatable bonds is 2. The van der Waals surface area contributed by atoms with Crippen molar-refractivity contribution in [2.24, 2.45) is 17.6 Å². The van der Waals surface area contributed by atoms with Gasteiger partial charge in [-0.1, -0.05) is 32.6 Å². The van der Waals surface area contributed by atoms with Crippen LogP contribution in [0.15, 0.2) is 0 Å². The van der Waals surface area contributed by atoms with Gasteiger partial charge in [0.2, 0.25) is 5.91 Å². The van der Waals surface area contributed by atoms with Gasteiger partial charge in [0.15, 0.2) is 0 Å². The van der Waals surface area contributed by atoms with Crippen LogP contribution >= 0.6 is 0 Å². The van der Waals surface area contributed by atoms with E-state index < -0.39 is 0 Å². The molecular formula is C15H28N2O. The minimum atomic E-state index is 0.284. The van der Waals surface area contributed by atoms with Crippen molar-refractivity contribution in [1.29, 1.82) is 0 Å². The molecule has 3 heteroatoms. The van der Waals surface area contributed by atoms with Gasteiger partial charge < -0.3 is 10.6 Å². The second-order valence-corrected chi connectivity index (χ2v) is 6.33. The standard InChI is InChI=1S/C15H28N2O/c1-12-11-17(9-8-14(12)16)15(18)10-13-6-4-2-3-5-7-13/h12-14H,2-11,16H2,1H3. The number of nitrogens with two attached hydrogens (primary N) is 1. The molecule has 0 aromatic carbocycles. The van der Waals surface area contributed by atoms with E-state index in [1.54, 1.807) is 0 Å². The first kappa shape index (κ1) is 13.9. The zero-order valence-electron chi connectivity index (χ0n) is 11.7. The van der Waals surface area contributed by atoms with Crippen LogP contribution in [-0.4, -0.2) is 29.9 Å². The van der Waals surface area contributed by atoms with Crippen molar-refractivity contribution in [3.8, 4) is 0 Å². The van der Waals surface area contributed by atoms with E-state index in [1.807, 2.05) is 0 Å². The fraction of sp³-hybridized carbons (Fsp3) is 0.933. The minimum absolute atomic E-state index is 0.284. The number of likely N-dealkylation sites (tertiary alicyclic amines) is 1. The van der Waals surface area contributed by atoms with Crippen LogP contribution in [0.1, 0.15) is 58.3 Å². The summed E-state index contributed by atoms with van der Waals surface area (Å²) < 4.78 is 0. The molecule has 1 aliphatic carbocycles. The molecule has 0 spiro atoms. The normalized spacial score (nSPS) is 31.1. The zero-order valence-corrected chi connectivity index (χ0v) is 11.7. The number of hydrogen-bond acceptors (Lipinski definition) is 2. The Morgan fingerprint density at radius 1 is 1.17 bits per heavy atom. The molecule has 0 bridgehead atoms. The molecule has 1 heterocycles. The molecule has 2 N–H and O–H groups in total. The van der Waals surface area contributed by atoms with Gasteiger partial charge in [0.25, 0.3) is 0 Å². The van der Waals surface area contributed by atoms with E-state index in [0.717, 1.165) is 25.9 Å². The van der Waals surface area contributed by atoms with Crippen LogP contribution in [0.3, 0.4) is 0 Å². The van der Waals surface area contributed by atoms with E-state index in [2.05, 4.69) is 11.8 Å². The Morgan fingerprint density at radius 2 is 1.83 bits per heavy atom. The molecule has 1 aliphatic heterocycles. The Kier molecular flexibility index (Phi) is 5.04. The summed E-state index contributed by atoms with van der Waals surface area (Å²) in [6.07, 6.45) is 9.63. The molecule has 1 saturated heterocycles. The number of piperidine rings is 1. The van der Waals surface area contributed by atoms with E-state index in [4.69, 9.17) is 5.73 Å². The Labute approximate surface area is 111 Å². The summed E-state index contributed by atoms with van der Waals surface area (Å²) in [7, 11) is 0. The van der Waals surface area contributed by atoms with Crippen molar-refractivity contribution in [3.05, 3.63) is 0 Å². The van der Waals surface area contributed by atoms with Gasteiger partial charge in [-0.05, 0) is 31.1 Å². The maximum Gasteiger partial charge on any atom is 0.222 e. The third-order valence-electron chi connectivity index (χ3n) is 4.76. The molecule has 0 aromatic heterocycles. The lowest BCUT2D eigenvalue weighted by atomic mass is 9.92. The van der Waals surface area contributed by atoms with Crippen molar-refractivity contribution in [1.82, 2.24) is 4.90 Å². The highest BCUT2D eigenvalue weighted by atomic mass is 16.2. The maximum atomic E-state index is 12.3. The van der Waals surface area contributed by atoms with Crippen molar-refractivity contribution in [2.45, 2.75) is 64.3 Å². The van der Waals surface area contributed by atoms with Gasteiger partial charge in [0.1, 0.15) is 0 Å². The Bertz CT molecular complexity index is 272. The van der Waals surface area contributed by atoms with E-state index >= 15 is 0 Å². The maximum absolute atomic E-state index is 12.3. The predicted molar refractivity (Wildman–Crippen MR) is 74.1 cm³/mol. The van der Waals surface area contributed by atoms with E-state index in [1.165, 1.54) is 38.5 Å². The lowest BCUT2D eigenvalue weighted by molar-refractivity contribution is -0.134. The third-order valence-corrected chi connectivity index (χ3v) is 4.76. The number of hydrogen-bond donors (Lipinski definition) is 1. The summed E-state index contributed by atoms with van der Waals surface area (Å²) in [5.41, 5.74) is 6.01. The summed E-state index contributed by atoms with van der Waals surface area (Å²) in [4.78, 5) is 14.4. The first-order valence-electron chi connectivity index (χ1n) is 7.70. The molecule has 0 aromatic rings. The predicted octanol–water partition coefficient (Wildman–Crippen LogP) is 2.54. The van der Waals surface area contributed by atoms with Crippen molar-refractivity contribution in [3.63, 3.8) is 0 Å². The van der Waals surface area contributed by atoms with Crippen LogP contribution in [0.2, 0.25) is 0 Å². The highest BCUT2D eigenvalue weighted by Gasteiger charge is 2.27. The topological polar surface area (TPSA) is 46.3 Å². The van der Waals surface area contributed by atoms with Crippen LogP contribution in [0.4, 0.5) is 0 Å². The van der Waals surface area contributed by atoms with Gasteiger partial charge in [-0.3, -0.25) is 4.79 Å². The van der Waals surface area contributed by atoms with Crippen LogP contribution in [0.25, 0.3) is 0 Å². The summed E-state index contributed by atoms with van der Waals surface area (Å²) in [5, 5.41) is 0. The molecule has 2 atom stereocenters. The van der Waals surface area contributed by atoms with Crippen LogP contribution in [0.5, 0.6) is 0 Å². The summed E-state index contributed by atoms with van der Waals surface area (Å²) in [6, 6.07) is 0.284. The fourth-order valence-corrected chi connectivity index (χ4v) is 3.33. The second kappa shape index (κ2) is 6.55. The molecule has 1 saturated carbocycles. The Hall–Kier alpha value is -0.570. The molecule has 2 unspecified atom stereocenters. The minimum Gasteiger partial charge on any atom is -0.342 e. The molecule has 0 radical (unpaired) electrons. The lowest BCUT2D eigenvalue weighted by Gasteiger charge is -2.35. The Morgan fingerprint density at radius 3 is 2.44 bits per heavy atom. The third kappa shape index (κ3) is 3.71. The molecule has 2 fully saturated rings.